The molecule has 6 heteroatoms. The average Bonchev–Trinajstić information content (AvgIpc) is 3.16. The number of carboxylic acids is 1. The summed E-state index contributed by atoms with van der Waals surface area (Å²) in [6.07, 6.45) is 2.17. The van der Waals surface area contributed by atoms with Crippen molar-refractivity contribution in [3.8, 4) is 10.6 Å². The molecule has 2 N–H and O–H groups in total. The van der Waals surface area contributed by atoms with E-state index in [1.54, 1.807) is 12.1 Å². The van der Waals surface area contributed by atoms with Crippen molar-refractivity contribution < 1.29 is 14.7 Å². The summed E-state index contributed by atoms with van der Waals surface area (Å²) in [5, 5.41) is 14.9. The summed E-state index contributed by atoms with van der Waals surface area (Å²) >= 11 is 1.54. The Balaban J connectivity index is 1.76. The van der Waals surface area contributed by atoms with E-state index in [-0.39, 0.29) is 11.9 Å². The molecule has 2 aromatic rings. The van der Waals surface area contributed by atoms with Gasteiger partial charge in [0.1, 0.15) is 5.01 Å². The lowest BCUT2D eigenvalue weighted by Gasteiger charge is -2.17. The Bertz CT molecular complexity index is 741. The molecule has 1 amide bonds. The third kappa shape index (κ3) is 3.42. The molecule has 1 aliphatic carbocycles. The van der Waals surface area contributed by atoms with Crippen LogP contribution in [0.1, 0.15) is 35.3 Å². The Kier molecular flexibility index (Phi) is 4.43. The van der Waals surface area contributed by atoms with Crippen LogP contribution in [0, 0.1) is 12.8 Å². The first-order valence-electron chi connectivity index (χ1n) is 7.61. The highest BCUT2D eigenvalue weighted by molar-refractivity contribution is 7.13. The van der Waals surface area contributed by atoms with Gasteiger partial charge in [0, 0.05) is 28.2 Å². The molecule has 120 valence electrons. The van der Waals surface area contributed by atoms with Crippen molar-refractivity contribution in [2.75, 3.05) is 0 Å². The minimum absolute atomic E-state index is 0.224. The topological polar surface area (TPSA) is 79.3 Å². The van der Waals surface area contributed by atoms with Crippen LogP contribution in [0.3, 0.4) is 0 Å². The first-order chi connectivity index (χ1) is 11.0. The standard InChI is InChI=1S/C17H18N2O3S/c1-10-9-23-16(18-10)12-5-2-4-11(8-12)15(20)19-14-7-3-6-13(14)17(21)22/h2,4-5,8-9,13-14H,3,6-7H2,1H3,(H,19,20)(H,21,22)/t13-,14+/m0/s1. The summed E-state index contributed by atoms with van der Waals surface area (Å²) in [4.78, 5) is 28.1. The zero-order valence-corrected chi connectivity index (χ0v) is 13.6. The number of rotatable bonds is 4. The number of nitrogens with zero attached hydrogens (tertiary/aromatic N) is 1. The van der Waals surface area contributed by atoms with Crippen LogP contribution in [-0.2, 0) is 4.79 Å². The van der Waals surface area contributed by atoms with Gasteiger partial charge < -0.3 is 10.4 Å². The Hall–Kier alpha value is -2.21. The SMILES string of the molecule is Cc1csc(-c2cccc(C(=O)N[C@@H]3CCC[C@@H]3C(=O)O)c2)n1. The molecule has 0 bridgehead atoms. The zero-order valence-electron chi connectivity index (χ0n) is 12.8. The number of benzene rings is 1. The Morgan fingerprint density at radius 2 is 2.17 bits per heavy atom. The van der Waals surface area contributed by atoms with Crippen molar-refractivity contribution in [3.63, 3.8) is 0 Å². The summed E-state index contributed by atoms with van der Waals surface area (Å²) in [5.41, 5.74) is 2.39. The highest BCUT2D eigenvalue weighted by atomic mass is 32.1. The molecule has 0 unspecified atom stereocenters. The van der Waals surface area contributed by atoms with Crippen LogP contribution >= 0.6 is 11.3 Å². The second-order valence-electron chi connectivity index (χ2n) is 5.83. The van der Waals surface area contributed by atoms with Gasteiger partial charge in [-0.15, -0.1) is 11.3 Å². The predicted molar refractivity (Wildman–Crippen MR) is 88.5 cm³/mol. The quantitative estimate of drug-likeness (QED) is 0.903. The summed E-state index contributed by atoms with van der Waals surface area (Å²) in [6.45, 7) is 1.93. The van der Waals surface area contributed by atoms with E-state index in [1.165, 1.54) is 11.3 Å². The molecular formula is C17H18N2O3S. The van der Waals surface area contributed by atoms with E-state index in [0.717, 1.165) is 22.7 Å². The maximum absolute atomic E-state index is 12.4. The fourth-order valence-electron chi connectivity index (χ4n) is 2.96. The van der Waals surface area contributed by atoms with Gasteiger partial charge in [-0.2, -0.15) is 0 Å². The van der Waals surface area contributed by atoms with Gasteiger partial charge in [0.05, 0.1) is 5.92 Å². The molecule has 1 fully saturated rings. The van der Waals surface area contributed by atoms with Crippen LogP contribution < -0.4 is 5.32 Å². The maximum Gasteiger partial charge on any atom is 0.308 e. The summed E-state index contributed by atoms with van der Waals surface area (Å²) in [6, 6.07) is 7.00. The molecule has 1 heterocycles. The van der Waals surface area contributed by atoms with E-state index in [2.05, 4.69) is 10.3 Å². The van der Waals surface area contributed by atoms with Crippen molar-refractivity contribution in [2.24, 2.45) is 5.92 Å². The molecule has 0 spiro atoms. The highest BCUT2D eigenvalue weighted by Gasteiger charge is 2.34. The normalized spacial score (nSPS) is 20.4. The smallest absolute Gasteiger partial charge is 0.308 e. The molecule has 0 saturated heterocycles. The van der Waals surface area contributed by atoms with E-state index in [4.69, 9.17) is 0 Å². The Morgan fingerprint density at radius 1 is 1.35 bits per heavy atom. The molecule has 1 aliphatic rings. The number of hydrogen-bond donors (Lipinski definition) is 2. The van der Waals surface area contributed by atoms with Gasteiger partial charge in [-0.25, -0.2) is 4.98 Å². The van der Waals surface area contributed by atoms with E-state index >= 15 is 0 Å². The van der Waals surface area contributed by atoms with Crippen LogP contribution in [0.5, 0.6) is 0 Å². The van der Waals surface area contributed by atoms with Crippen molar-refractivity contribution >= 4 is 23.2 Å². The van der Waals surface area contributed by atoms with Gasteiger partial charge >= 0.3 is 5.97 Å². The summed E-state index contributed by atoms with van der Waals surface area (Å²) in [5.74, 6) is -1.54. The van der Waals surface area contributed by atoms with Crippen molar-refractivity contribution in [1.82, 2.24) is 10.3 Å². The first kappa shape index (κ1) is 15.7. The number of amides is 1. The number of aryl methyl sites for hydroxylation is 1. The van der Waals surface area contributed by atoms with Gasteiger partial charge in [0.15, 0.2) is 0 Å². The number of carbonyl (C=O) groups is 2. The average molecular weight is 330 g/mol. The van der Waals surface area contributed by atoms with E-state index in [1.807, 2.05) is 24.4 Å². The highest BCUT2D eigenvalue weighted by Crippen LogP contribution is 2.27. The number of aromatic nitrogens is 1. The van der Waals surface area contributed by atoms with Gasteiger partial charge in [0.2, 0.25) is 0 Å². The molecule has 23 heavy (non-hydrogen) atoms. The minimum Gasteiger partial charge on any atom is -0.481 e. The molecule has 1 saturated carbocycles. The van der Waals surface area contributed by atoms with Crippen LogP contribution in [-0.4, -0.2) is 28.0 Å². The predicted octanol–water partition coefficient (Wildman–Crippen LogP) is 3.10. The molecule has 5 nitrogen and oxygen atoms in total. The molecule has 1 aromatic carbocycles. The number of hydrogen-bond acceptors (Lipinski definition) is 4. The van der Waals surface area contributed by atoms with Gasteiger partial charge in [0.25, 0.3) is 5.91 Å². The zero-order chi connectivity index (χ0) is 16.4. The van der Waals surface area contributed by atoms with Gasteiger partial charge in [-0.05, 0) is 31.9 Å². The van der Waals surface area contributed by atoms with Crippen LogP contribution in [0.25, 0.3) is 10.6 Å². The van der Waals surface area contributed by atoms with E-state index in [9.17, 15) is 14.7 Å². The summed E-state index contributed by atoms with van der Waals surface area (Å²) < 4.78 is 0. The molecule has 2 atom stereocenters. The summed E-state index contributed by atoms with van der Waals surface area (Å²) in [7, 11) is 0. The number of thiazole rings is 1. The van der Waals surface area contributed by atoms with Crippen LogP contribution in [0.2, 0.25) is 0 Å². The van der Waals surface area contributed by atoms with E-state index in [0.29, 0.717) is 18.4 Å². The Morgan fingerprint density at radius 3 is 2.87 bits per heavy atom. The fraction of sp³-hybridized carbons (Fsp3) is 0.353. The number of nitrogens with one attached hydrogen (secondary N) is 1. The van der Waals surface area contributed by atoms with Crippen molar-refractivity contribution in [1.29, 1.82) is 0 Å². The fourth-order valence-corrected chi connectivity index (χ4v) is 3.75. The van der Waals surface area contributed by atoms with Crippen molar-refractivity contribution in [3.05, 3.63) is 40.9 Å². The third-order valence-corrected chi connectivity index (χ3v) is 5.15. The molecule has 1 aromatic heterocycles. The van der Waals surface area contributed by atoms with Crippen LogP contribution in [0.15, 0.2) is 29.6 Å². The largest absolute Gasteiger partial charge is 0.481 e. The minimum atomic E-state index is -0.834. The number of carbonyl (C=O) groups excluding carboxylic acids is 1. The number of aliphatic carboxylic acids is 1. The molecule has 0 radical (unpaired) electrons. The third-order valence-electron chi connectivity index (χ3n) is 4.14. The lowest BCUT2D eigenvalue weighted by molar-refractivity contribution is -0.142. The lowest BCUT2D eigenvalue weighted by Crippen LogP contribution is -2.40. The molecule has 0 aliphatic heterocycles. The molecular weight excluding hydrogens is 312 g/mol. The lowest BCUT2D eigenvalue weighted by atomic mass is 10.0. The second kappa shape index (κ2) is 6.50. The first-order valence-corrected chi connectivity index (χ1v) is 8.49. The van der Waals surface area contributed by atoms with Crippen molar-refractivity contribution in [2.45, 2.75) is 32.2 Å². The Labute approximate surface area is 138 Å². The second-order valence-corrected chi connectivity index (χ2v) is 6.69. The van der Waals surface area contributed by atoms with E-state index < -0.39 is 11.9 Å². The molecule has 3 rings (SSSR count). The van der Waals surface area contributed by atoms with Crippen LogP contribution in [0.4, 0.5) is 0 Å². The number of carboxylic acid groups (broad SMARTS) is 1. The monoisotopic (exact) mass is 330 g/mol. The van der Waals surface area contributed by atoms with Gasteiger partial charge in [-0.3, -0.25) is 9.59 Å². The van der Waals surface area contributed by atoms with Gasteiger partial charge in [-0.1, -0.05) is 18.6 Å². The maximum atomic E-state index is 12.4.